The summed E-state index contributed by atoms with van der Waals surface area (Å²) in [5.74, 6) is -0.0227. The lowest BCUT2D eigenvalue weighted by atomic mass is 10.2. The van der Waals surface area contributed by atoms with Crippen LogP contribution in [0.5, 0.6) is 0 Å². The maximum Gasteiger partial charge on any atom is 0.268 e. The highest BCUT2D eigenvalue weighted by Gasteiger charge is 2.15. The number of nitrogens with two attached hydrogens (primary N) is 1. The molecule has 88 valence electrons. The Hall–Kier alpha value is -1.33. The molecule has 0 bridgehead atoms. The van der Waals surface area contributed by atoms with Crippen LogP contribution in [0.2, 0.25) is 0 Å². The zero-order valence-electron chi connectivity index (χ0n) is 9.18. The predicted octanol–water partition coefficient (Wildman–Crippen LogP) is 3.37. The smallest absolute Gasteiger partial charge is 0.268 e. The second kappa shape index (κ2) is 4.89. The van der Waals surface area contributed by atoms with Crippen LogP contribution in [-0.4, -0.2) is 13.0 Å². The van der Waals surface area contributed by atoms with E-state index in [2.05, 4.69) is 15.9 Å². The number of carbonyl (C=O) groups is 1. The monoisotopic (exact) mass is 310 g/mol. The van der Waals surface area contributed by atoms with Crippen LogP contribution in [-0.2, 0) is 0 Å². The van der Waals surface area contributed by atoms with Gasteiger partial charge in [-0.3, -0.25) is 4.79 Å². The van der Waals surface area contributed by atoms with Crippen molar-refractivity contribution in [2.75, 3.05) is 17.7 Å². The van der Waals surface area contributed by atoms with Crippen molar-refractivity contribution in [3.8, 4) is 0 Å². The molecule has 0 aliphatic carbocycles. The fourth-order valence-corrected chi connectivity index (χ4v) is 2.77. The third-order valence-corrected chi connectivity index (χ3v) is 3.98. The lowest BCUT2D eigenvalue weighted by Gasteiger charge is -2.16. The molecule has 1 aromatic heterocycles. The average molecular weight is 311 g/mol. The molecular formula is C12H11BrN2OS. The van der Waals surface area contributed by atoms with E-state index < -0.39 is 0 Å². The number of halogens is 1. The number of thiophene rings is 1. The van der Waals surface area contributed by atoms with E-state index in [4.69, 9.17) is 5.73 Å². The summed E-state index contributed by atoms with van der Waals surface area (Å²) in [6.07, 6.45) is 0. The number of nitrogen functional groups attached to an aromatic ring is 1. The van der Waals surface area contributed by atoms with Gasteiger partial charge in [0.1, 0.15) is 0 Å². The molecule has 1 aromatic carbocycles. The minimum Gasteiger partial charge on any atom is -0.399 e. The second-order valence-electron chi connectivity index (χ2n) is 3.56. The van der Waals surface area contributed by atoms with Crippen LogP contribution < -0.4 is 10.6 Å². The molecule has 0 spiro atoms. The fraction of sp³-hybridized carbons (Fsp3) is 0.0833. The molecule has 1 heterocycles. The molecule has 0 radical (unpaired) electrons. The van der Waals surface area contributed by atoms with Crippen molar-refractivity contribution in [2.24, 2.45) is 0 Å². The van der Waals surface area contributed by atoms with Gasteiger partial charge >= 0.3 is 0 Å². The van der Waals surface area contributed by atoms with Crippen molar-refractivity contribution in [1.29, 1.82) is 0 Å². The molecular weight excluding hydrogens is 300 g/mol. The largest absolute Gasteiger partial charge is 0.399 e. The predicted molar refractivity (Wildman–Crippen MR) is 75.6 cm³/mol. The number of hydrogen-bond acceptors (Lipinski definition) is 3. The molecule has 0 unspecified atom stereocenters. The van der Waals surface area contributed by atoms with Crippen LogP contribution >= 0.6 is 27.3 Å². The summed E-state index contributed by atoms with van der Waals surface area (Å²) in [6.45, 7) is 0. The lowest BCUT2D eigenvalue weighted by Crippen LogP contribution is -2.25. The highest BCUT2D eigenvalue weighted by atomic mass is 79.9. The van der Waals surface area contributed by atoms with Gasteiger partial charge in [0.2, 0.25) is 0 Å². The normalized spacial score (nSPS) is 10.2. The highest BCUT2D eigenvalue weighted by Crippen LogP contribution is 2.25. The highest BCUT2D eigenvalue weighted by molar-refractivity contribution is 9.11. The average Bonchev–Trinajstić information content (AvgIpc) is 2.75. The number of anilines is 2. The van der Waals surface area contributed by atoms with E-state index in [1.807, 2.05) is 24.3 Å². The number of benzene rings is 1. The van der Waals surface area contributed by atoms with Gasteiger partial charge in [-0.2, -0.15) is 0 Å². The molecule has 5 heteroatoms. The van der Waals surface area contributed by atoms with Crippen LogP contribution in [0.4, 0.5) is 11.4 Å². The number of nitrogens with zero attached hydrogens (tertiary/aromatic N) is 1. The van der Waals surface area contributed by atoms with Crippen LogP contribution in [0, 0.1) is 0 Å². The summed E-state index contributed by atoms with van der Waals surface area (Å²) in [5.41, 5.74) is 7.13. The molecule has 0 fully saturated rings. The summed E-state index contributed by atoms with van der Waals surface area (Å²) >= 11 is 4.77. The van der Waals surface area contributed by atoms with Crippen LogP contribution in [0.1, 0.15) is 9.67 Å². The number of hydrogen-bond donors (Lipinski definition) is 1. The van der Waals surface area contributed by atoms with Gasteiger partial charge < -0.3 is 10.6 Å². The quantitative estimate of drug-likeness (QED) is 0.864. The van der Waals surface area contributed by atoms with E-state index in [9.17, 15) is 4.79 Å². The first-order valence-electron chi connectivity index (χ1n) is 4.97. The van der Waals surface area contributed by atoms with Crippen LogP contribution in [0.15, 0.2) is 40.2 Å². The Kier molecular flexibility index (Phi) is 3.49. The SMILES string of the molecule is CN(C(=O)c1ccc(Br)s1)c1ccc(N)cc1. The summed E-state index contributed by atoms with van der Waals surface area (Å²) in [7, 11) is 1.75. The van der Waals surface area contributed by atoms with Crippen LogP contribution in [0.25, 0.3) is 0 Å². The minimum absolute atomic E-state index is 0.0227. The third kappa shape index (κ3) is 2.68. The molecule has 3 nitrogen and oxygen atoms in total. The van der Waals surface area contributed by atoms with Gasteiger partial charge in [-0.05, 0) is 52.3 Å². The van der Waals surface area contributed by atoms with E-state index >= 15 is 0 Å². The fourth-order valence-electron chi connectivity index (χ4n) is 1.41. The topological polar surface area (TPSA) is 46.3 Å². The molecule has 17 heavy (non-hydrogen) atoms. The first-order chi connectivity index (χ1) is 8.08. The number of carbonyl (C=O) groups excluding carboxylic acids is 1. The van der Waals surface area contributed by atoms with Gasteiger partial charge in [0, 0.05) is 18.4 Å². The van der Waals surface area contributed by atoms with Crippen molar-refractivity contribution in [1.82, 2.24) is 0 Å². The van der Waals surface area contributed by atoms with Crippen molar-refractivity contribution in [2.45, 2.75) is 0 Å². The molecule has 0 saturated carbocycles. The Labute approximate surface area is 112 Å². The van der Waals surface area contributed by atoms with Gasteiger partial charge in [-0.25, -0.2) is 0 Å². The summed E-state index contributed by atoms with van der Waals surface area (Å²) < 4.78 is 0.951. The van der Waals surface area contributed by atoms with Gasteiger partial charge in [0.05, 0.1) is 8.66 Å². The molecule has 2 N–H and O–H groups in total. The van der Waals surface area contributed by atoms with E-state index in [0.717, 1.165) is 9.47 Å². The van der Waals surface area contributed by atoms with Gasteiger partial charge in [0.15, 0.2) is 0 Å². The van der Waals surface area contributed by atoms with Crippen molar-refractivity contribution in [3.63, 3.8) is 0 Å². The Bertz CT molecular complexity index is 536. The molecule has 0 saturated heterocycles. The van der Waals surface area contributed by atoms with Crippen molar-refractivity contribution < 1.29 is 4.79 Å². The standard InChI is InChI=1S/C12H11BrN2OS/c1-15(9-4-2-8(14)3-5-9)12(16)10-6-7-11(13)17-10/h2-7H,14H2,1H3. The Balaban J connectivity index is 2.23. The van der Waals surface area contributed by atoms with Crippen LogP contribution in [0.3, 0.4) is 0 Å². The van der Waals surface area contributed by atoms with E-state index in [1.165, 1.54) is 11.3 Å². The van der Waals surface area contributed by atoms with Crippen molar-refractivity contribution >= 4 is 44.5 Å². The molecule has 0 atom stereocenters. The summed E-state index contributed by atoms with van der Waals surface area (Å²) in [4.78, 5) is 14.4. The Morgan fingerprint density at radius 3 is 2.41 bits per heavy atom. The molecule has 0 aliphatic heterocycles. The zero-order valence-corrected chi connectivity index (χ0v) is 11.6. The maximum atomic E-state index is 12.1. The lowest BCUT2D eigenvalue weighted by molar-refractivity contribution is 0.0997. The Morgan fingerprint density at radius 1 is 1.24 bits per heavy atom. The number of amides is 1. The minimum atomic E-state index is -0.0227. The van der Waals surface area contributed by atoms with E-state index in [-0.39, 0.29) is 5.91 Å². The van der Waals surface area contributed by atoms with Gasteiger partial charge in [-0.1, -0.05) is 0 Å². The number of rotatable bonds is 2. The molecule has 0 aliphatic rings. The maximum absolute atomic E-state index is 12.1. The summed E-state index contributed by atoms with van der Waals surface area (Å²) in [5, 5.41) is 0. The van der Waals surface area contributed by atoms with Crippen molar-refractivity contribution in [3.05, 3.63) is 45.1 Å². The van der Waals surface area contributed by atoms with E-state index in [0.29, 0.717) is 10.6 Å². The van der Waals surface area contributed by atoms with Gasteiger partial charge in [0.25, 0.3) is 5.91 Å². The van der Waals surface area contributed by atoms with E-state index in [1.54, 1.807) is 24.1 Å². The van der Waals surface area contributed by atoms with Gasteiger partial charge in [-0.15, -0.1) is 11.3 Å². The second-order valence-corrected chi connectivity index (χ2v) is 6.02. The molecule has 1 amide bonds. The summed E-state index contributed by atoms with van der Waals surface area (Å²) in [6, 6.07) is 10.9. The molecule has 2 aromatic rings. The molecule has 2 rings (SSSR count). The first-order valence-corrected chi connectivity index (χ1v) is 6.58. The third-order valence-electron chi connectivity index (χ3n) is 2.37. The Morgan fingerprint density at radius 2 is 1.88 bits per heavy atom. The first kappa shape index (κ1) is 12.1. The zero-order chi connectivity index (χ0) is 12.4.